The molecule has 1 aliphatic heterocycles. The maximum absolute atomic E-state index is 12.4. The van der Waals surface area contributed by atoms with Gasteiger partial charge in [-0.05, 0) is 41.0 Å². The molecule has 1 N–H and O–H groups in total. The quantitative estimate of drug-likeness (QED) is 0.859. The number of hydrogen-bond acceptors (Lipinski definition) is 5. The molecule has 21 heavy (non-hydrogen) atoms. The first-order valence-electron chi connectivity index (χ1n) is 6.80. The summed E-state index contributed by atoms with van der Waals surface area (Å²) >= 11 is 3.44. The number of carbonyl (C=O) groups is 1. The molecule has 106 valence electrons. The number of tetrazole rings is 1. The van der Waals surface area contributed by atoms with E-state index < -0.39 is 0 Å². The number of nitrogens with zero attached hydrogens (tertiary/aromatic N) is 4. The lowest BCUT2D eigenvalue weighted by atomic mass is 9.85. The lowest BCUT2D eigenvalue weighted by molar-refractivity contribution is -0.116. The van der Waals surface area contributed by atoms with Gasteiger partial charge in [0.15, 0.2) is 5.78 Å². The van der Waals surface area contributed by atoms with Crippen LogP contribution in [0.1, 0.15) is 30.9 Å². The van der Waals surface area contributed by atoms with E-state index in [2.05, 4.69) is 36.8 Å². The number of carbonyl (C=O) groups excluding carboxylic acids is 1. The number of hydrogen-bond donors (Lipinski definition) is 1. The van der Waals surface area contributed by atoms with Crippen LogP contribution in [-0.4, -0.2) is 26.0 Å². The Morgan fingerprint density at radius 2 is 2.05 bits per heavy atom. The molecule has 0 saturated carbocycles. The number of benzene rings is 1. The van der Waals surface area contributed by atoms with Crippen LogP contribution in [0.5, 0.6) is 0 Å². The van der Waals surface area contributed by atoms with E-state index in [-0.39, 0.29) is 11.8 Å². The zero-order chi connectivity index (χ0) is 14.4. The predicted molar refractivity (Wildman–Crippen MR) is 79.6 cm³/mol. The van der Waals surface area contributed by atoms with Crippen LogP contribution in [0, 0.1) is 0 Å². The Labute approximate surface area is 129 Å². The highest BCUT2D eigenvalue weighted by Gasteiger charge is 2.36. The molecule has 2 aromatic rings. The standard InChI is InChI=1S/C14H12BrN5O/c15-9-6-4-8(5-7-9)13-12-10(2-1-3-11(12)21)16-14-17-18-19-20(13)14/h4-7,13H,1-3H2,(H,16,17,19). The van der Waals surface area contributed by atoms with E-state index in [1.54, 1.807) is 4.68 Å². The zero-order valence-electron chi connectivity index (χ0n) is 11.1. The lowest BCUT2D eigenvalue weighted by Gasteiger charge is -2.31. The number of allylic oxidation sites excluding steroid dienone is 2. The molecule has 1 aromatic heterocycles. The Morgan fingerprint density at radius 3 is 2.86 bits per heavy atom. The Bertz CT molecular complexity index is 749. The van der Waals surface area contributed by atoms with Crippen molar-refractivity contribution in [1.82, 2.24) is 20.2 Å². The fourth-order valence-corrected chi connectivity index (χ4v) is 3.24. The van der Waals surface area contributed by atoms with Crippen LogP contribution in [0.25, 0.3) is 0 Å². The van der Waals surface area contributed by atoms with Crippen LogP contribution in [0.3, 0.4) is 0 Å². The third kappa shape index (κ3) is 1.99. The summed E-state index contributed by atoms with van der Waals surface area (Å²) in [7, 11) is 0. The van der Waals surface area contributed by atoms with Crippen molar-refractivity contribution >= 4 is 27.7 Å². The molecular formula is C14H12BrN5O. The third-order valence-corrected chi connectivity index (χ3v) is 4.44. The normalized spacial score (nSPS) is 20.8. The maximum Gasteiger partial charge on any atom is 0.248 e. The molecule has 0 bridgehead atoms. The number of nitrogens with one attached hydrogen (secondary N) is 1. The molecular weight excluding hydrogens is 334 g/mol. The molecule has 0 spiro atoms. The van der Waals surface area contributed by atoms with Gasteiger partial charge in [-0.3, -0.25) is 4.79 Å². The first-order valence-corrected chi connectivity index (χ1v) is 7.60. The highest BCUT2D eigenvalue weighted by atomic mass is 79.9. The molecule has 1 unspecified atom stereocenters. The number of Topliss-reactive ketones (excluding diaryl/α,β-unsaturated/α-hetero) is 1. The van der Waals surface area contributed by atoms with Crippen molar-refractivity contribution in [3.63, 3.8) is 0 Å². The molecule has 1 atom stereocenters. The predicted octanol–water partition coefficient (Wildman–Crippen LogP) is 2.46. The first-order chi connectivity index (χ1) is 10.2. The number of ketones is 1. The molecule has 7 heteroatoms. The topological polar surface area (TPSA) is 72.7 Å². The first kappa shape index (κ1) is 12.7. The van der Waals surface area contributed by atoms with E-state index >= 15 is 0 Å². The van der Waals surface area contributed by atoms with Gasteiger partial charge in [0, 0.05) is 22.2 Å². The van der Waals surface area contributed by atoms with Gasteiger partial charge in [0.25, 0.3) is 0 Å². The molecule has 1 aliphatic carbocycles. The summed E-state index contributed by atoms with van der Waals surface area (Å²) in [6.07, 6.45) is 2.32. The molecule has 0 radical (unpaired) electrons. The van der Waals surface area contributed by atoms with Crippen LogP contribution in [0.4, 0.5) is 5.95 Å². The summed E-state index contributed by atoms with van der Waals surface area (Å²) < 4.78 is 2.69. The summed E-state index contributed by atoms with van der Waals surface area (Å²) in [4.78, 5) is 12.4. The molecule has 0 fully saturated rings. The summed E-state index contributed by atoms with van der Waals surface area (Å²) in [5.41, 5.74) is 2.76. The smallest absolute Gasteiger partial charge is 0.248 e. The van der Waals surface area contributed by atoms with Crippen molar-refractivity contribution in [3.8, 4) is 0 Å². The second-order valence-corrected chi connectivity index (χ2v) is 6.11. The van der Waals surface area contributed by atoms with Gasteiger partial charge < -0.3 is 5.32 Å². The van der Waals surface area contributed by atoms with E-state index in [0.717, 1.165) is 34.1 Å². The van der Waals surface area contributed by atoms with Crippen LogP contribution < -0.4 is 5.32 Å². The van der Waals surface area contributed by atoms with Crippen LogP contribution >= 0.6 is 15.9 Å². The van der Waals surface area contributed by atoms with Crippen LogP contribution in [0.2, 0.25) is 0 Å². The van der Waals surface area contributed by atoms with Gasteiger partial charge in [0.1, 0.15) is 6.04 Å². The lowest BCUT2D eigenvalue weighted by Crippen LogP contribution is -2.31. The van der Waals surface area contributed by atoms with Crippen molar-refractivity contribution in [3.05, 3.63) is 45.6 Å². The molecule has 0 saturated heterocycles. The monoisotopic (exact) mass is 345 g/mol. The molecule has 2 aliphatic rings. The number of fused-ring (bicyclic) bond motifs is 1. The summed E-state index contributed by atoms with van der Waals surface area (Å²) in [6, 6.07) is 7.69. The van der Waals surface area contributed by atoms with Crippen molar-refractivity contribution < 1.29 is 4.79 Å². The molecule has 4 rings (SSSR count). The van der Waals surface area contributed by atoms with Gasteiger partial charge in [-0.25, -0.2) is 0 Å². The van der Waals surface area contributed by atoms with Crippen LogP contribution in [0.15, 0.2) is 40.0 Å². The second-order valence-electron chi connectivity index (χ2n) is 5.20. The minimum Gasteiger partial charge on any atom is -0.326 e. The third-order valence-electron chi connectivity index (χ3n) is 3.92. The minimum atomic E-state index is -0.243. The molecule has 6 nitrogen and oxygen atoms in total. The number of aromatic nitrogens is 4. The van der Waals surface area contributed by atoms with Crippen molar-refractivity contribution in [2.75, 3.05) is 5.32 Å². The second kappa shape index (κ2) is 4.77. The van der Waals surface area contributed by atoms with Crippen LogP contribution in [-0.2, 0) is 4.79 Å². The van der Waals surface area contributed by atoms with Gasteiger partial charge in [0.05, 0.1) is 0 Å². The summed E-state index contributed by atoms with van der Waals surface area (Å²) in [5.74, 6) is 0.772. The van der Waals surface area contributed by atoms with Gasteiger partial charge in [-0.15, -0.1) is 0 Å². The van der Waals surface area contributed by atoms with Crippen molar-refractivity contribution in [1.29, 1.82) is 0 Å². The summed E-state index contributed by atoms with van der Waals surface area (Å²) in [5, 5.41) is 15.0. The highest BCUT2D eigenvalue weighted by Crippen LogP contribution is 2.39. The van der Waals surface area contributed by atoms with E-state index in [1.165, 1.54) is 0 Å². The van der Waals surface area contributed by atoms with E-state index in [4.69, 9.17) is 0 Å². The zero-order valence-corrected chi connectivity index (χ0v) is 12.7. The highest BCUT2D eigenvalue weighted by molar-refractivity contribution is 9.10. The maximum atomic E-state index is 12.4. The fourth-order valence-electron chi connectivity index (χ4n) is 2.97. The Balaban J connectivity index is 1.91. The van der Waals surface area contributed by atoms with E-state index in [1.807, 2.05) is 24.3 Å². The molecule has 1 aromatic carbocycles. The molecule has 2 heterocycles. The average molecular weight is 346 g/mol. The van der Waals surface area contributed by atoms with Gasteiger partial charge >= 0.3 is 0 Å². The van der Waals surface area contributed by atoms with Crippen molar-refractivity contribution in [2.24, 2.45) is 0 Å². The number of rotatable bonds is 1. The fraction of sp³-hybridized carbons (Fsp3) is 0.286. The molecule has 0 amide bonds. The summed E-state index contributed by atoms with van der Waals surface area (Å²) in [6.45, 7) is 0. The number of halogens is 1. The van der Waals surface area contributed by atoms with Gasteiger partial charge in [-0.2, -0.15) is 4.68 Å². The number of anilines is 1. The van der Waals surface area contributed by atoms with Gasteiger partial charge in [0.2, 0.25) is 5.95 Å². The average Bonchev–Trinajstić information content (AvgIpc) is 2.94. The SMILES string of the molecule is O=C1CCCC2=C1C(c1ccc(Br)cc1)n1nnnc1N2. The largest absolute Gasteiger partial charge is 0.326 e. The minimum absolute atomic E-state index is 0.179. The Kier molecular flexibility index (Phi) is 2.88. The van der Waals surface area contributed by atoms with Gasteiger partial charge in [-0.1, -0.05) is 33.2 Å². The van der Waals surface area contributed by atoms with E-state index in [9.17, 15) is 4.79 Å². The van der Waals surface area contributed by atoms with Crippen molar-refractivity contribution in [2.45, 2.75) is 25.3 Å². The Morgan fingerprint density at radius 1 is 1.24 bits per heavy atom. The Hall–Kier alpha value is -2.02. The van der Waals surface area contributed by atoms with E-state index in [0.29, 0.717) is 12.4 Å².